The molecule has 1 aromatic carbocycles. The van der Waals surface area contributed by atoms with Gasteiger partial charge in [-0.1, -0.05) is 13.0 Å². The van der Waals surface area contributed by atoms with Crippen LogP contribution >= 0.6 is 0 Å². The average Bonchev–Trinajstić information content (AvgIpc) is 3.03. The van der Waals surface area contributed by atoms with Crippen LogP contribution in [0.3, 0.4) is 0 Å². The molecule has 1 aliphatic heterocycles. The van der Waals surface area contributed by atoms with E-state index in [0.717, 1.165) is 26.2 Å². The van der Waals surface area contributed by atoms with Crippen LogP contribution in [-0.2, 0) is 9.53 Å². The fourth-order valence-corrected chi connectivity index (χ4v) is 4.16. The van der Waals surface area contributed by atoms with Crippen molar-refractivity contribution >= 4 is 17.5 Å². The molecule has 1 aliphatic rings. The van der Waals surface area contributed by atoms with Gasteiger partial charge in [0.2, 0.25) is 5.82 Å². The lowest BCUT2D eigenvalue weighted by Crippen LogP contribution is -2.47. The van der Waals surface area contributed by atoms with E-state index in [1.54, 1.807) is 0 Å². The average molecular weight is 487 g/mol. The molecule has 4 atom stereocenters. The summed E-state index contributed by atoms with van der Waals surface area (Å²) in [7, 11) is 1.03. The van der Waals surface area contributed by atoms with Crippen molar-refractivity contribution in [2.24, 2.45) is 11.7 Å². The smallest absolute Gasteiger partial charge is 0.417 e. The van der Waals surface area contributed by atoms with Crippen LogP contribution in [0.25, 0.3) is 0 Å². The minimum absolute atomic E-state index is 0.0710. The standard InChI is InChI=1S/C22H22F5N3O4/c1-9-13(7-8-29-16(9)19(28)31)30-20(32)18-14(10(2)21(3,34-18)22(25,26)27)11-5-6-12(23)15(24)17(11)33-4/h5-8,10,14,18H,1-4H3,(H2,28,31)(H,29,30,32)/t10-,14+,18-,21+/m0/s1. The Labute approximate surface area is 191 Å². The number of nitrogens with one attached hydrogen (secondary N) is 1. The van der Waals surface area contributed by atoms with Gasteiger partial charge in [0.1, 0.15) is 11.8 Å². The number of ether oxygens (including phenoxy) is 2. The summed E-state index contributed by atoms with van der Waals surface area (Å²) < 4.78 is 80.4. The fourth-order valence-electron chi connectivity index (χ4n) is 4.16. The van der Waals surface area contributed by atoms with Gasteiger partial charge >= 0.3 is 6.18 Å². The van der Waals surface area contributed by atoms with E-state index in [9.17, 15) is 31.5 Å². The molecule has 2 aromatic rings. The van der Waals surface area contributed by atoms with E-state index >= 15 is 0 Å². The molecule has 12 heteroatoms. The summed E-state index contributed by atoms with van der Waals surface area (Å²) in [4.78, 5) is 28.5. The van der Waals surface area contributed by atoms with E-state index in [2.05, 4.69) is 10.3 Å². The second-order valence-electron chi connectivity index (χ2n) is 8.13. The summed E-state index contributed by atoms with van der Waals surface area (Å²) in [5.74, 6) is -7.92. The van der Waals surface area contributed by atoms with Crippen LogP contribution in [0.15, 0.2) is 24.4 Å². The number of carbonyl (C=O) groups excluding carboxylic acids is 2. The summed E-state index contributed by atoms with van der Waals surface area (Å²) in [6.07, 6.45) is -5.47. The molecule has 7 nitrogen and oxygen atoms in total. The summed E-state index contributed by atoms with van der Waals surface area (Å²) in [6.45, 7) is 3.43. The number of benzene rings is 1. The third kappa shape index (κ3) is 4.06. The van der Waals surface area contributed by atoms with Gasteiger partial charge in [-0.3, -0.25) is 14.6 Å². The van der Waals surface area contributed by atoms with Crippen LogP contribution in [-0.4, -0.2) is 41.8 Å². The summed E-state index contributed by atoms with van der Waals surface area (Å²) in [6, 6.07) is 3.13. The van der Waals surface area contributed by atoms with Gasteiger partial charge in [0, 0.05) is 34.8 Å². The molecule has 0 radical (unpaired) electrons. The zero-order valence-corrected chi connectivity index (χ0v) is 18.6. The van der Waals surface area contributed by atoms with Gasteiger partial charge in [-0.2, -0.15) is 17.6 Å². The van der Waals surface area contributed by atoms with Crippen LogP contribution in [0, 0.1) is 24.5 Å². The number of halogens is 5. The molecular weight excluding hydrogens is 465 g/mol. The number of pyridine rings is 1. The molecule has 2 amide bonds. The quantitative estimate of drug-likeness (QED) is 0.624. The van der Waals surface area contributed by atoms with Crippen molar-refractivity contribution in [2.75, 3.05) is 12.4 Å². The minimum atomic E-state index is -4.89. The molecule has 3 N–H and O–H groups in total. The van der Waals surface area contributed by atoms with Crippen molar-refractivity contribution in [1.29, 1.82) is 0 Å². The van der Waals surface area contributed by atoms with Gasteiger partial charge < -0.3 is 20.5 Å². The number of methoxy groups -OCH3 is 1. The molecule has 0 spiro atoms. The number of hydrogen-bond acceptors (Lipinski definition) is 5. The zero-order valence-electron chi connectivity index (χ0n) is 18.6. The molecule has 1 fully saturated rings. The highest BCUT2D eigenvalue weighted by atomic mass is 19.4. The van der Waals surface area contributed by atoms with Crippen molar-refractivity contribution in [3.05, 3.63) is 52.9 Å². The molecule has 1 aromatic heterocycles. The second kappa shape index (κ2) is 8.82. The number of alkyl halides is 3. The molecule has 34 heavy (non-hydrogen) atoms. The Kier molecular flexibility index (Phi) is 6.57. The molecule has 2 heterocycles. The predicted molar refractivity (Wildman–Crippen MR) is 110 cm³/mol. The minimum Gasteiger partial charge on any atom is -0.493 e. The number of nitrogens with two attached hydrogens (primary N) is 1. The maximum absolute atomic E-state index is 14.4. The van der Waals surface area contributed by atoms with Crippen LogP contribution in [0.1, 0.15) is 41.4 Å². The molecular formula is C22H22F5N3O4. The maximum atomic E-state index is 14.4. The van der Waals surface area contributed by atoms with E-state index in [0.29, 0.717) is 0 Å². The van der Waals surface area contributed by atoms with Gasteiger partial charge in [0.25, 0.3) is 11.8 Å². The van der Waals surface area contributed by atoms with E-state index < -0.39 is 58.9 Å². The number of anilines is 1. The highest BCUT2D eigenvalue weighted by molar-refractivity contribution is 5.99. The van der Waals surface area contributed by atoms with Crippen molar-refractivity contribution in [3.63, 3.8) is 0 Å². The first-order chi connectivity index (χ1) is 15.7. The summed E-state index contributed by atoms with van der Waals surface area (Å²) >= 11 is 0. The van der Waals surface area contributed by atoms with E-state index in [1.807, 2.05) is 0 Å². The van der Waals surface area contributed by atoms with Gasteiger partial charge in [0.15, 0.2) is 17.2 Å². The number of carbonyl (C=O) groups is 2. The summed E-state index contributed by atoms with van der Waals surface area (Å²) in [5, 5.41) is 2.43. The molecule has 1 saturated heterocycles. The number of nitrogens with zero attached hydrogens (tertiary/aromatic N) is 1. The summed E-state index contributed by atoms with van der Waals surface area (Å²) in [5.41, 5.74) is 2.42. The first kappa shape index (κ1) is 25.3. The van der Waals surface area contributed by atoms with Crippen LogP contribution < -0.4 is 15.8 Å². The Morgan fingerprint density at radius 2 is 1.88 bits per heavy atom. The van der Waals surface area contributed by atoms with Gasteiger partial charge in [-0.25, -0.2) is 4.39 Å². The van der Waals surface area contributed by atoms with Crippen LogP contribution in [0.5, 0.6) is 5.75 Å². The Hall–Kier alpha value is -3.28. The van der Waals surface area contributed by atoms with Crippen molar-refractivity contribution in [3.8, 4) is 5.75 Å². The predicted octanol–water partition coefficient (Wildman–Crippen LogP) is 3.85. The van der Waals surface area contributed by atoms with Gasteiger partial charge in [-0.05, 0) is 26.0 Å². The first-order valence-electron chi connectivity index (χ1n) is 10.1. The number of aromatic nitrogens is 1. The SMILES string of the molecule is COc1c([C@@H]2[C@@H](C(=O)Nc3ccnc(C(N)=O)c3C)O[C@@](C)(C(F)(F)F)[C@H]2C)ccc(F)c1F. The van der Waals surface area contributed by atoms with E-state index in [1.165, 1.54) is 26.1 Å². The Balaban J connectivity index is 2.11. The molecule has 0 saturated carbocycles. The van der Waals surface area contributed by atoms with Crippen molar-refractivity contribution < 1.29 is 41.0 Å². The van der Waals surface area contributed by atoms with Crippen LogP contribution in [0.2, 0.25) is 0 Å². The maximum Gasteiger partial charge on any atom is 0.417 e. The highest BCUT2D eigenvalue weighted by Crippen LogP contribution is 2.55. The van der Waals surface area contributed by atoms with Crippen molar-refractivity contribution in [2.45, 2.75) is 44.6 Å². The normalized spacial score (nSPS) is 24.7. The molecule has 0 unspecified atom stereocenters. The van der Waals surface area contributed by atoms with Crippen molar-refractivity contribution in [1.82, 2.24) is 4.98 Å². The number of amides is 2. The fraction of sp³-hybridized carbons (Fsp3) is 0.409. The monoisotopic (exact) mass is 487 g/mol. The third-order valence-corrected chi connectivity index (χ3v) is 6.27. The number of primary amides is 1. The second-order valence-corrected chi connectivity index (χ2v) is 8.13. The first-order valence-corrected chi connectivity index (χ1v) is 10.1. The molecule has 3 rings (SSSR count). The molecule has 184 valence electrons. The largest absolute Gasteiger partial charge is 0.493 e. The lowest BCUT2D eigenvalue weighted by Gasteiger charge is -2.32. The lowest BCUT2D eigenvalue weighted by atomic mass is 9.77. The Bertz CT molecular complexity index is 1140. The van der Waals surface area contributed by atoms with Gasteiger partial charge in [-0.15, -0.1) is 0 Å². The topological polar surface area (TPSA) is 104 Å². The van der Waals surface area contributed by atoms with E-state index in [4.69, 9.17) is 15.2 Å². The number of hydrogen-bond donors (Lipinski definition) is 2. The Morgan fingerprint density at radius 3 is 2.44 bits per heavy atom. The van der Waals surface area contributed by atoms with Crippen LogP contribution in [0.4, 0.5) is 27.6 Å². The van der Waals surface area contributed by atoms with E-state index in [-0.39, 0.29) is 22.5 Å². The highest BCUT2D eigenvalue weighted by Gasteiger charge is 2.65. The zero-order chi connectivity index (χ0) is 25.6. The number of rotatable bonds is 5. The molecule has 0 aliphatic carbocycles. The third-order valence-electron chi connectivity index (χ3n) is 6.27. The molecule has 0 bridgehead atoms. The van der Waals surface area contributed by atoms with Gasteiger partial charge in [0.05, 0.1) is 7.11 Å². The lowest BCUT2D eigenvalue weighted by molar-refractivity contribution is -0.272. The Morgan fingerprint density at radius 1 is 1.24 bits per heavy atom.